The van der Waals surface area contributed by atoms with Crippen molar-refractivity contribution in [3.63, 3.8) is 0 Å². The number of rotatable bonds is 4. The first-order chi connectivity index (χ1) is 7.79. The van der Waals surface area contributed by atoms with Crippen LogP contribution in [0.2, 0.25) is 0 Å². The van der Waals surface area contributed by atoms with Crippen molar-refractivity contribution in [3.05, 3.63) is 0 Å². The molecule has 1 rings (SSSR count). The van der Waals surface area contributed by atoms with Gasteiger partial charge < -0.3 is 4.74 Å². The maximum atomic E-state index is 11.4. The van der Waals surface area contributed by atoms with Gasteiger partial charge in [0.1, 0.15) is 0 Å². The van der Waals surface area contributed by atoms with Crippen LogP contribution in [0.5, 0.6) is 0 Å². The quantitative estimate of drug-likeness (QED) is 0.641. The van der Waals surface area contributed by atoms with Gasteiger partial charge in [-0.2, -0.15) is 4.31 Å². The number of ether oxygens (including phenoxy) is 1. The molecule has 1 aliphatic heterocycles. The van der Waals surface area contributed by atoms with Crippen LogP contribution in [-0.2, 0) is 19.6 Å². The highest BCUT2D eigenvalue weighted by Crippen LogP contribution is 2.06. The van der Waals surface area contributed by atoms with Gasteiger partial charge in [0, 0.05) is 26.2 Å². The maximum absolute atomic E-state index is 11.4. The van der Waals surface area contributed by atoms with Gasteiger partial charge in [0.25, 0.3) is 0 Å². The van der Waals surface area contributed by atoms with Crippen LogP contribution >= 0.6 is 0 Å². The molecule has 1 aliphatic rings. The summed E-state index contributed by atoms with van der Waals surface area (Å²) in [5.41, 5.74) is 0. The summed E-state index contributed by atoms with van der Waals surface area (Å²) in [7, 11) is -3.11. The van der Waals surface area contributed by atoms with Crippen LogP contribution in [0.3, 0.4) is 0 Å². The third-order valence-electron chi connectivity index (χ3n) is 2.52. The Morgan fingerprint density at radius 3 is 2.18 bits per heavy atom. The molecule has 0 amide bonds. The highest BCUT2D eigenvalue weighted by Gasteiger charge is 2.24. The van der Waals surface area contributed by atoms with Crippen molar-refractivity contribution in [2.24, 2.45) is 0 Å². The Balaban J connectivity index is 2.35. The second kappa shape index (κ2) is 5.79. The number of carbonyl (C=O) groups is 1. The van der Waals surface area contributed by atoms with Crippen LogP contribution in [0.15, 0.2) is 0 Å². The highest BCUT2D eigenvalue weighted by atomic mass is 32.2. The standard InChI is InChI=1S/C10H20N2O4S/c1-9(2)16-10(13)8-11-4-6-12(7-5-11)17(3,14)15/h9H,4-8H2,1-3H3. The largest absolute Gasteiger partial charge is 0.462 e. The van der Waals surface area contributed by atoms with Crippen LogP contribution in [0.4, 0.5) is 0 Å². The fourth-order valence-corrected chi connectivity index (χ4v) is 2.53. The van der Waals surface area contributed by atoms with E-state index in [1.54, 1.807) is 13.8 Å². The SMILES string of the molecule is CC(C)OC(=O)CN1CCN(S(C)(=O)=O)CC1. The minimum atomic E-state index is -3.11. The van der Waals surface area contributed by atoms with E-state index in [0.29, 0.717) is 26.2 Å². The summed E-state index contributed by atoms with van der Waals surface area (Å²) < 4.78 is 29.0. The third-order valence-corrected chi connectivity index (χ3v) is 3.82. The molecule has 0 unspecified atom stereocenters. The van der Waals surface area contributed by atoms with Gasteiger partial charge in [-0.25, -0.2) is 8.42 Å². The summed E-state index contributed by atoms with van der Waals surface area (Å²) in [6, 6.07) is 0. The fourth-order valence-electron chi connectivity index (χ4n) is 1.70. The number of hydrogen-bond acceptors (Lipinski definition) is 5. The number of hydrogen-bond donors (Lipinski definition) is 0. The maximum Gasteiger partial charge on any atom is 0.320 e. The third kappa shape index (κ3) is 5.01. The number of sulfonamides is 1. The first kappa shape index (κ1) is 14.4. The topological polar surface area (TPSA) is 66.9 Å². The molecular weight excluding hydrogens is 244 g/mol. The van der Waals surface area contributed by atoms with Gasteiger partial charge in [0.15, 0.2) is 0 Å². The molecule has 0 aromatic rings. The van der Waals surface area contributed by atoms with Crippen molar-refractivity contribution < 1.29 is 17.9 Å². The lowest BCUT2D eigenvalue weighted by molar-refractivity contribution is -0.148. The molecule has 7 heteroatoms. The smallest absolute Gasteiger partial charge is 0.320 e. The van der Waals surface area contributed by atoms with Crippen molar-refractivity contribution in [1.82, 2.24) is 9.21 Å². The van der Waals surface area contributed by atoms with Gasteiger partial charge >= 0.3 is 5.97 Å². The summed E-state index contributed by atoms with van der Waals surface area (Å²) >= 11 is 0. The fraction of sp³-hybridized carbons (Fsp3) is 0.900. The molecular formula is C10H20N2O4S. The van der Waals surface area contributed by atoms with Crippen molar-refractivity contribution in [3.8, 4) is 0 Å². The number of nitrogens with zero attached hydrogens (tertiary/aromatic N) is 2. The number of carbonyl (C=O) groups excluding carboxylic acids is 1. The zero-order chi connectivity index (χ0) is 13.1. The van der Waals surface area contributed by atoms with Gasteiger partial charge in [-0.3, -0.25) is 9.69 Å². The van der Waals surface area contributed by atoms with Crippen LogP contribution < -0.4 is 0 Å². The minimum absolute atomic E-state index is 0.111. The molecule has 0 aromatic carbocycles. The second-order valence-electron chi connectivity index (χ2n) is 4.48. The Kier molecular flexibility index (Phi) is 4.91. The molecule has 6 nitrogen and oxygen atoms in total. The monoisotopic (exact) mass is 264 g/mol. The first-order valence-electron chi connectivity index (χ1n) is 5.66. The average molecular weight is 264 g/mol. The summed E-state index contributed by atoms with van der Waals surface area (Å²) in [4.78, 5) is 13.3. The Bertz CT molecular complexity index is 359. The molecule has 0 bridgehead atoms. The Morgan fingerprint density at radius 2 is 1.76 bits per heavy atom. The van der Waals surface area contributed by atoms with Gasteiger partial charge in [-0.05, 0) is 13.8 Å². The Labute approximate surface area is 103 Å². The average Bonchev–Trinajstić information content (AvgIpc) is 2.15. The van der Waals surface area contributed by atoms with Crippen molar-refractivity contribution >= 4 is 16.0 Å². The van der Waals surface area contributed by atoms with Crippen LogP contribution in [0, 0.1) is 0 Å². The molecule has 1 heterocycles. The molecule has 0 aliphatic carbocycles. The highest BCUT2D eigenvalue weighted by molar-refractivity contribution is 7.88. The van der Waals surface area contributed by atoms with Gasteiger partial charge in [0.05, 0.1) is 18.9 Å². The van der Waals surface area contributed by atoms with E-state index >= 15 is 0 Å². The molecule has 0 aromatic heterocycles. The Morgan fingerprint density at radius 1 is 1.24 bits per heavy atom. The molecule has 17 heavy (non-hydrogen) atoms. The van der Waals surface area contributed by atoms with Gasteiger partial charge in [0.2, 0.25) is 10.0 Å². The van der Waals surface area contributed by atoms with E-state index in [9.17, 15) is 13.2 Å². The van der Waals surface area contributed by atoms with E-state index in [1.807, 2.05) is 4.90 Å². The normalized spacial score (nSPS) is 19.5. The molecule has 0 atom stereocenters. The Hall–Kier alpha value is -0.660. The first-order valence-corrected chi connectivity index (χ1v) is 7.51. The van der Waals surface area contributed by atoms with E-state index in [1.165, 1.54) is 10.6 Å². The van der Waals surface area contributed by atoms with Crippen molar-refractivity contribution in [1.29, 1.82) is 0 Å². The summed E-state index contributed by atoms with van der Waals surface area (Å²) in [6.45, 7) is 5.86. The van der Waals surface area contributed by atoms with E-state index in [0.717, 1.165) is 0 Å². The molecule has 1 fully saturated rings. The summed E-state index contributed by atoms with van der Waals surface area (Å²) in [6.07, 6.45) is 1.09. The summed E-state index contributed by atoms with van der Waals surface area (Å²) in [5.74, 6) is -0.257. The van der Waals surface area contributed by atoms with Crippen molar-refractivity contribution in [2.75, 3.05) is 39.0 Å². The van der Waals surface area contributed by atoms with Crippen LogP contribution in [-0.4, -0.2) is 68.7 Å². The number of esters is 1. The molecule has 0 spiro atoms. The van der Waals surface area contributed by atoms with E-state index in [-0.39, 0.29) is 18.6 Å². The lowest BCUT2D eigenvalue weighted by Crippen LogP contribution is -2.49. The zero-order valence-electron chi connectivity index (χ0n) is 10.5. The predicted octanol–water partition coefficient (Wildman–Crippen LogP) is -0.485. The molecule has 1 saturated heterocycles. The second-order valence-corrected chi connectivity index (χ2v) is 6.46. The number of piperazine rings is 1. The van der Waals surface area contributed by atoms with Crippen LogP contribution in [0.1, 0.15) is 13.8 Å². The molecule has 0 N–H and O–H groups in total. The van der Waals surface area contributed by atoms with Crippen LogP contribution in [0.25, 0.3) is 0 Å². The minimum Gasteiger partial charge on any atom is -0.462 e. The van der Waals surface area contributed by atoms with Gasteiger partial charge in [-0.1, -0.05) is 0 Å². The lowest BCUT2D eigenvalue weighted by Gasteiger charge is -2.32. The zero-order valence-corrected chi connectivity index (χ0v) is 11.4. The van der Waals surface area contributed by atoms with E-state index in [2.05, 4.69) is 0 Å². The lowest BCUT2D eigenvalue weighted by atomic mass is 10.3. The summed E-state index contributed by atoms with van der Waals surface area (Å²) in [5, 5.41) is 0. The molecule has 0 saturated carbocycles. The van der Waals surface area contributed by atoms with Crippen molar-refractivity contribution in [2.45, 2.75) is 20.0 Å². The van der Waals surface area contributed by atoms with E-state index in [4.69, 9.17) is 4.74 Å². The molecule has 0 radical (unpaired) electrons. The van der Waals surface area contributed by atoms with Gasteiger partial charge in [-0.15, -0.1) is 0 Å². The molecule has 100 valence electrons. The van der Waals surface area contributed by atoms with E-state index < -0.39 is 10.0 Å². The predicted molar refractivity (Wildman–Crippen MR) is 64.1 cm³/mol.